The van der Waals surface area contributed by atoms with Gasteiger partial charge in [-0.25, -0.2) is 4.39 Å². The van der Waals surface area contributed by atoms with Gasteiger partial charge < -0.3 is 14.6 Å². The highest BCUT2D eigenvalue weighted by Gasteiger charge is 2.18. The van der Waals surface area contributed by atoms with E-state index in [4.69, 9.17) is 4.74 Å². The van der Waals surface area contributed by atoms with E-state index in [9.17, 15) is 9.18 Å². The maximum atomic E-state index is 14.4. The molecule has 6 heteroatoms. The Balaban J connectivity index is 1.57. The van der Waals surface area contributed by atoms with Crippen molar-refractivity contribution in [2.45, 2.75) is 13.0 Å². The Morgan fingerprint density at radius 1 is 1.10 bits per heavy atom. The predicted molar refractivity (Wildman–Crippen MR) is 116 cm³/mol. The highest BCUT2D eigenvalue weighted by Crippen LogP contribution is 2.30. The molecule has 0 aliphatic carbocycles. The van der Waals surface area contributed by atoms with Gasteiger partial charge in [-0.05, 0) is 41.5 Å². The molecule has 0 radical (unpaired) electrons. The van der Waals surface area contributed by atoms with Crippen LogP contribution in [-0.4, -0.2) is 22.8 Å². The normalized spacial score (nSPS) is 13.4. The molecule has 0 unspecified atom stereocenters. The van der Waals surface area contributed by atoms with Crippen LogP contribution in [0.5, 0.6) is 5.75 Å². The van der Waals surface area contributed by atoms with Crippen molar-refractivity contribution in [3.8, 4) is 22.6 Å². The van der Waals surface area contributed by atoms with E-state index in [2.05, 4.69) is 23.0 Å². The molecule has 5 rings (SSSR count). The number of halogens is 1. The third-order valence-corrected chi connectivity index (χ3v) is 5.95. The summed E-state index contributed by atoms with van der Waals surface area (Å²) in [5.41, 5.74) is 5.29. The maximum Gasteiger partial charge on any atom is 0.255 e. The molecule has 4 aromatic rings. The average Bonchev–Trinajstić information content (AvgIpc) is 3.05. The van der Waals surface area contributed by atoms with Crippen LogP contribution in [0.15, 0.2) is 59.5 Å². The van der Waals surface area contributed by atoms with Crippen molar-refractivity contribution in [3.05, 3.63) is 82.2 Å². The Morgan fingerprint density at radius 2 is 1.97 bits per heavy atom. The van der Waals surface area contributed by atoms with Gasteiger partial charge in [-0.3, -0.25) is 9.36 Å². The lowest BCUT2D eigenvalue weighted by Gasteiger charge is -2.14. The molecule has 0 saturated heterocycles. The van der Waals surface area contributed by atoms with Crippen molar-refractivity contribution in [2.75, 3.05) is 13.7 Å². The van der Waals surface area contributed by atoms with E-state index >= 15 is 0 Å². The van der Waals surface area contributed by atoms with E-state index in [1.807, 2.05) is 12.1 Å². The lowest BCUT2D eigenvalue weighted by atomic mass is 10.1. The van der Waals surface area contributed by atoms with Gasteiger partial charge in [-0.2, -0.15) is 0 Å². The fraction of sp³-hybridized carbons (Fsp3) is 0.208. The first kappa shape index (κ1) is 18.6. The third kappa shape index (κ3) is 2.92. The second-order valence-corrected chi connectivity index (χ2v) is 7.58. The van der Waals surface area contributed by atoms with Crippen LogP contribution in [-0.2, 0) is 20.0 Å². The molecule has 1 N–H and O–H groups in total. The first-order chi connectivity index (χ1) is 14.6. The van der Waals surface area contributed by atoms with E-state index in [0.717, 1.165) is 30.7 Å². The van der Waals surface area contributed by atoms with Crippen molar-refractivity contribution in [3.63, 3.8) is 0 Å². The van der Waals surface area contributed by atoms with Crippen molar-refractivity contribution in [1.82, 2.24) is 14.5 Å². The summed E-state index contributed by atoms with van der Waals surface area (Å²) in [4.78, 5) is 12.9. The lowest BCUT2D eigenvalue weighted by Crippen LogP contribution is -2.24. The van der Waals surface area contributed by atoms with Gasteiger partial charge >= 0.3 is 0 Å². The zero-order chi connectivity index (χ0) is 20.8. The molecule has 0 saturated carbocycles. The van der Waals surface area contributed by atoms with E-state index in [0.29, 0.717) is 16.9 Å². The van der Waals surface area contributed by atoms with Gasteiger partial charge in [0.15, 0.2) is 0 Å². The molecule has 1 aliphatic heterocycles. The number of rotatable bonds is 3. The number of ether oxygens (including phenoxy) is 1. The summed E-state index contributed by atoms with van der Waals surface area (Å²) in [5.74, 6) is 0.0225. The van der Waals surface area contributed by atoms with Crippen molar-refractivity contribution < 1.29 is 9.13 Å². The molecule has 2 aromatic carbocycles. The molecular weight excluding hydrogens is 381 g/mol. The van der Waals surface area contributed by atoms with Crippen LogP contribution in [0.2, 0.25) is 0 Å². The summed E-state index contributed by atoms with van der Waals surface area (Å²) in [6, 6.07) is 14.0. The monoisotopic (exact) mass is 403 g/mol. The van der Waals surface area contributed by atoms with E-state index in [-0.39, 0.29) is 5.56 Å². The van der Waals surface area contributed by atoms with Gasteiger partial charge in [0, 0.05) is 61.5 Å². The highest BCUT2D eigenvalue weighted by atomic mass is 19.1. The minimum absolute atomic E-state index is 0.206. The summed E-state index contributed by atoms with van der Waals surface area (Å²) < 4.78 is 23.3. The number of hydrogen-bond acceptors (Lipinski definition) is 3. The fourth-order valence-electron chi connectivity index (χ4n) is 4.36. The number of aryl methyl sites for hydroxylation is 1. The molecule has 5 nitrogen and oxygen atoms in total. The number of nitrogens with zero attached hydrogens (tertiary/aromatic N) is 2. The zero-order valence-corrected chi connectivity index (χ0v) is 16.9. The molecule has 0 bridgehead atoms. The highest BCUT2D eigenvalue weighted by molar-refractivity contribution is 5.87. The summed E-state index contributed by atoms with van der Waals surface area (Å²) in [5, 5.41) is 4.64. The number of nitrogens with one attached hydrogen (secondary N) is 1. The van der Waals surface area contributed by atoms with Crippen LogP contribution in [0.4, 0.5) is 4.39 Å². The SMILES string of the molecule is COc1ccc(-c2ccn(-c3ccc4c5c(n(C)c4c3)CCNC5)c(=O)c2)c(F)c1. The first-order valence-electron chi connectivity index (χ1n) is 9.94. The van der Waals surface area contributed by atoms with Gasteiger partial charge in [-0.1, -0.05) is 6.07 Å². The van der Waals surface area contributed by atoms with Crippen LogP contribution in [0.25, 0.3) is 27.7 Å². The Labute approximate surface area is 173 Å². The number of pyridine rings is 1. The van der Waals surface area contributed by atoms with Crippen LogP contribution in [0.3, 0.4) is 0 Å². The van der Waals surface area contributed by atoms with Gasteiger partial charge in [-0.15, -0.1) is 0 Å². The summed E-state index contributed by atoms with van der Waals surface area (Å²) >= 11 is 0. The van der Waals surface area contributed by atoms with E-state index < -0.39 is 5.82 Å². The van der Waals surface area contributed by atoms with Crippen molar-refractivity contribution >= 4 is 10.9 Å². The number of hydrogen-bond donors (Lipinski definition) is 1. The van der Waals surface area contributed by atoms with Gasteiger partial charge in [0.1, 0.15) is 11.6 Å². The molecule has 0 amide bonds. The van der Waals surface area contributed by atoms with Crippen LogP contribution in [0, 0.1) is 5.82 Å². The molecule has 0 atom stereocenters. The Bertz CT molecular complexity index is 1340. The summed E-state index contributed by atoms with van der Waals surface area (Å²) in [6.45, 7) is 1.85. The second kappa shape index (κ2) is 7.15. The summed E-state index contributed by atoms with van der Waals surface area (Å²) in [6.07, 6.45) is 2.70. The van der Waals surface area contributed by atoms with Crippen LogP contribution < -0.4 is 15.6 Å². The van der Waals surface area contributed by atoms with Gasteiger partial charge in [0.2, 0.25) is 0 Å². The maximum absolute atomic E-state index is 14.4. The van der Waals surface area contributed by atoms with Crippen molar-refractivity contribution in [2.24, 2.45) is 7.05 Å². The number of fused-ring (bicyclic) bond motifs is 3. The minimum atomic E-state index is -0.420. The molecule has 2 aromatic heterocycles. The van der Waals surface area contributed by atoms with Gasteiger partial charge in [0.05, 0.1) is 18.3 Å². The molecule has 0 fully saturated rings. The second-order valence-electron chi connectivity index (χ2n) is 7.58. The quantitative estimate of drug-likeness (QED) is 0.566. The number of aromatic nitrogens is 2. The number of benzene rings is 2. The third-order valence-electron chi connectivity index (χ3n) is 5.95. The van der Waals surface area contributed by atoms with E-state index in [1.54, 1.807) is 29.0 Å². The molecule has 30 heavy (non-hydrogen) atoms. The van der Waals surface area contributed by atoms with Crippen molar-refractivity contribution in [1.29, 1.82) is 0 Å². The average molecular weight is 403 g/mol. The lowest BCUT2D eigenvalue weighted by molar-refractivity contribution is 0.411. The first-order valence-corrected chi connectivity index (χ1v) is 9.94. The molecule has 0 spiro atoms. The van der Waals surface area contributed by atoms with Gasteiger partial charge in [0.25, 0.3) is 5.56 Å². The predicted octanol–water partition coefficient (Wildman–Crippen LogP) is 3.79. The minimum Gasteiger partial charge on any atom is -0.497 e. The fourth-order valence-corrected chi connectivity index (χ4v) is 4.36. The standard InChI is InChI=1S/C24H22FN3O2/c1-27-22-7-9-26-14-20(22)19-5-3-16(12-23(19)27)28-10-8-15(11-24(28)29)18-6-4-17(30-2)13-21(18)25/h3-6,8,10-13,26H,7,9,14H2,1-2H3. The largest absolute Gasteiger partial charge is 0.497 e. The van der Waals surface area contributed by atoms with Crippen LogP contribution in [0.1, 0.15) is 11.3 Å². The zero-order valence-electron chi connectivity index (χ0n) is 16.9. The molecule has 3 heterocycles. The topological polar surface area (TPSA) is 48.2 Å². The Hall–Kier alpha value is -3.38. The smallest absolute Gasteiger partial charge is 0.255 e. The number of methoxy groups -OCH3 is 1. The molecular formula is C24H22FN3O2. The molecule has 152 valence electrons. The van der Waals surface area contributed by atoms with Crippen LogP contribution >= 0.6 is 0 Å². The Kier molecular flexibility index (Phi) is 4.44. The molecule has 1 aliphatic rings. The Morgan fingerprint density at radius 3 is 2.73 bits per heavy atom. The van der Waals surface area contributed by atoms with E-state index in [1.165, 1.54) is 35.9 Å². The summed E-state index contributed by atoms with van der Waals surface area (Å²) in [7, 11) is 3.57.